The molecule has 1 fully saturated rings. The highest BCUT2D eigenvalue weighted by Gasteiger charge is 2.40. The van der Waals surface area contributed by atoms with E-state index in [1.54, 1.807) is 0 Å². The predicted octanol–water partition coefficient (Wildman–Crippen LogP) is 0.806. The molecule has 0 bridgehead atoms. The zero-order chi connectivity index (χ0) is 14.3. The monoisotopic (exact) mass is 270 g/mol. The molecule has 3 N–H and O–H groups in total. The molecular weight excluding hydrogens is 248 g/mol. The molecule has 0 heterocycles. The smallest absolute Gasteiger partial charge is 0.305 e. The molecule has 0 aromatic carbocycles. The van der Waals surface area contributed by atoms with Gasteiger partial charge in [0.1, 0.15) is 0 Å². The van der Waals surface area contributed by atoms with Crippen molar-refractivity contribution in [1.29, 1.82) is 0 Å². The molecule has 1 aliphatic carbocycles. The fourth-order valence-electron chi connectivity index (χ4n) is 2.29. The van der Waals surface area contributed by atoms with Crippen LogP contribution in [0.25, 0.3) is 0 Å². The average Bonchev–Trinajstić information content (AvgIpc) is 2.25. The summed E-state index contributed by atoms with van der Waals surface area (Å²) in [7, 11) is 0. The van der Waals surface area contributed by atoms with E-state index in [1.807, 2.05) is 6.92 Å². The maximum atomic E-state index is 11.7. The third-order valence-electron chi connectivity index (χ3n) is 3.39. The lowest BCUT2D eigenvalue weighted by Crippen LogP contribution is -2.54. The number of carboxylic acids is 1. The molecule has 19 heavy (non-hydrogen) atoms. The van der Waals surface area contributed by atoms with Crippen molar-refractivity contribution in [1.82, 2.24) is 10.6 Å². The van der Waals surface area contributed by atoms with Crippen LogP contribution in [0.4, 0.5) is 0 Å². The summed E-state index contributed by atoms with van der Waals surface area (Å²) in [6.07, 6.45) is 3.46. The van der Waals surface area contributed by atoms with Gasteiger partial charge in [-0.3, -0.25) is 14.4 Å². The highest BCUT2D eigenvalue weighted by atomic mass is 16.4. The van der Waals surface area contributed by atoms with Crippen molar-refractivity contribution in [2.75, 3.05) is 6.54 Å². The van der Waals surface area contributed by atoms with Crippen LogP contribution in [0.3, 0.4) is 0 Å². The average molecular weight is 270 g/mol. The SMILES string of the molecule is CCNC(=O)CCCC(=O)NC1(CC(=O)O)CCC1. The molecule has 1 saturated carbocycles. The second-order valence-corrected chi connectivity index (χ2v) is 5.06. The summed E-state index contributed by atoms with van der Waals surface area (Å²) in [5, 5.41) is 14.3. The molecule has 108 valence electrons. The Labute approximate surface area is 112 Å². The Morgan fingerprint density at radius 3 is 2.26 bits per heavy atom. The predicted molar refractivity (Wildman–Crippen MR) is 69.5 cm³/mol. The maximum absolute atomic E-state index is 11.7. The van der Waals surface area contributed by atoms with Crippen LogP contribution in [-0.2, 0) is 14.4 Å². The molecular formula is C13H22N2O4. The Balaban J connectivity index is 2.26. The second kappa shape index (κ2) is 7.11. The van der Waals surface area contributed by atoms with E-state index in [9.17, 15) is 14.4 Å². The molecule has 0 spiro atoms. The van der Waals surface area contributed by atoms with Crippen LogP contribution in [0.5, 0.6) is 0 Å². The number of hydrogen-bond donors (Lipinski definition) is 3. The summed E-state index contributed by atoms with van der Waals surface area (Å²) >= 11 is 0. The van der Waals surface area contributed by atoms with Gasteiger partial charge in [0.05, 0.1) is 12.0 Å². The zero-order valence-electron chi connectivity index (χ0n) is 11.3. The van der Waals surface area contributed by atoms with Crippen LogP contribution in [-0.4, -0.2) is 35.0 Å². The standard InChI is InChI=1S/C13H22N2O4/c1-2-14-10(16)5-3-6-11(17)15-13(7-4-8-13)9-12(18)19/h2-9H2,1H3,(H,14,16)(H,15,17)(H,18,19). The van der Waals surface area contributed by atoms with E-state index in [1.165, 1.54) is 0 Å². The molecule has 0 aliphatic heterocycles. The summed E-state index contributed by atoms with van der Waals surface area (Å²) in [4.78, 5) is 33.7. The van der Waals surface area contributed by atoms with E-state index in [0.29, 0.717) is 19.4 Å². The first-order chi connectivity index (χ1) is 8.97. The largest absolute Gasteiger partial charge is 0.481 e. The highest BCUT2D eigenvalue weighted by molar-refractivity contribution is 5.80. The minimum absolute atomic E-state index is 0.0188. The second-order valence-electron chi connectivity index (χ2n) is 5.06. The third kappa shape index (κ3) is 5.28. The van der Waals surface area contributed by atoms with E-state index in [4.69, 9.17) is 5.11 Å². The van der Waals surface area contributed by atoms with Gasteiger partial charge in [0.15, 0.2) is 0 Å². The Kier molecular flexibility index (Phi) is 5.79. The Morgan fingerprint density at radius 2 is 1.79 bits per heavy atom. The van der Waals surface area contributed by atoms with Crippen molar-refractivity contribution in [3.05, 3.63) is 0 Å². The number of aliphatic carboxylic acids is 1. The third-order valence-corrected chi connectivity index (χ3v) is 3.39. The lowest BCUT2D eigenvalue weighted by atomic mass is 9.74. The topological polar surface area (TPSA) is 95.5 Å². The van der Waals surface area contributed by atoms with E-state index in [0.717, 1.165) is 19.3 Å². The molecule has 0 aromatic heterocycles. The minimum atomic E-state index is -0.887. The quantitative estimate of drug-likeness (QED) is 0.608. The molecule has 2 amide bonds. The van der Waals surface area contributed by atoms with Gasteiger partial charge in [-0.1, -0.05) is 0 Å². The molecule has 0 aromatic rings. The van der Waals surface area contributed by atoms with Gasteiger partial charge in [-0.05, 0) is 32.6 Å². The molecule has 1 aliphatic rings. The first kappa shape index (κ1) is 15.5. The molecule has 0 atom stereocenters. The van der Waals surface area contributed by atoms with E-state index >= 15 is 0 Å². The molecule has 0 radical (unpaired) electrons. The first-order valence-corrected chi connectivity index (χ1v) is 6.77. The summed E-state index contributed by atoms with van der Waals surface area (Å²) in [5.41, 5.74) is -0.547. The van der Waals surface area contributed by atoms with E-state index in [2.05, 4.69) is 10.6 Å². The number of carbonyl (C=O) groups excluding carboxylic acids is 2. The summed E-state index contributed by atoms with van der Waals surface area (Å²) in [6, 6.07) is 0. The van der Waals surface area contributed by atoms with Crippen molar-refractivity contribution in [3.8, 4) is 0 Å². The van der Waals surface area contributed by atoms with Gasteiger partial charge < -0.3 is 15.7 Å². The Morgan fingerprint density at radius 1 is 1.16 bits per heavy atom. The van der Waals surface area contributed by atoms with Gasteiger partial charge in [0, 0.05) is 19.4 Å². The molecule has 1 rings (SSSR count). The van der Waals surface area contributed by atoms with Crippen molar-refractivity contribution in [2.45, 2.75) is 57.4 Å². The summed E-state index contributed by atoms with van der Waals surface area (Å²) in [6.45, 7) is 2.43. The van der Waals surface area contributed by atoms with Crippen LogP contribution in [0, 0.1) is 0 Å². The van der Waals surface area contributed by atoms with Gasteiger partial charge in [0.2, 0.25) is 11.8 Å². The normalized spacial score (nSPS) is 16.3. The first-order valence-electron chi connectivity index (χ1n) is 6.77. The Bertz CT molecular complexity index is 351. The van der Waals surface area contributed by atoms with E-state index in [-0.39, 0.29) is 24.7 Å². The number of carboxylic acid groups (broad SMARTS) is 1. The van der Waals surface area contributed by atoms with Gasteiger partial charge in [-0.25, -0.2) is 0 Å². The number of rotatable bonds is 8. The van der Waals surface area contributed by atoms with Gasteiger partial charge in [-0.2, -0.15) is 0 Å². The van der Waals surface area contributed by atoms with Gasteiger partial charge >= 0.3 is 5.97 Å². The zero-order valence-corrected chi connectivity index (χ0v) is 11.3. The maximum Gasteiger partial charge on any atom is 0.305 e. The van der Waals surface area contributed by atoms with Crippen LogP contribution < -0.4 is 10.6 Å². The Hall–Kier alpha value is -1.59. The fourth-order valence-corrected chi connectivity index (χ4v) is 2.29. The van der Waals surface area contributed by atoms with E-state index < -0.39 is 11.5 Å². The number of amides is 2. The van der Waals surface area contributed by atoms with Crippen LogP contribution in [0.1, 0.15) is 51.9 Å². The van der Waals surface area contributed by atoms with Gasteiger partial charge in [-0.15, -0.1) is 0 Å². The highest BCUT2D eigenvalue weighted by Crippen LogP contribution is 2.35. The molecule has 6 nitrogen and oxygen atoms in total. The summed E-state index contributed by atoms with van der Waals surface area (Å²) in [5.74, 6) is -1.10. The molecule has 0 unspecified atom stereocenters. The van der Waals surface area contributed by atoms with Gasteiger partial charge in [0.25, 0.3) is 0 Å². The van der Waals surface area contributed by atoms with Crippen molar-refractivity contribution >= 4 is 17.8 Å². The summed E-state index contributed by atoms with van der Waals surface area (Å²) < 4.78 is 0. The lowest BCUT2D eigenvalue weighted by molar-refractivity contribution is -0.140. The van der Waals surface area contributed by atoms with Crippen LogP contribution in [0.15, 0.2) is 0 Å². The molecule has 0 saturated heterocycles. The number of carbonyl (C=O) groups is 3. The fraction of sp³-hybridized carbons (Fsp3) is 0.769. The number of nitrogens with one attached hydrogen (secondary N) is 2. The molecule has 6 heteroatoms. The van der Waals surface area contributed by atoms with Crippen LogP contribution in [0.2, 0.25) is 0 Å². The van der Waals surface area contributed by atoms with Crippen molar-refractivity contribution in [2.24, 2.45) is 0 Å². The number of hydrogen-bond acceptors (Lipinski definition) is 3. The lowest BCUT2D eigenvalue weighted by Gasteiger charge is -2.41. The minimum Gasteiger partial charge on any atom is -0.481 e. The van der Waals surface area contributed by atoms with Crippen molar-refractivity contribution in [3.63, 3.8) is 0 Å². The van der Waals surface area contributed by atoms with Crippen molar-refractivity contribution < 1.29 is 19.5 Å². The van der Waals surface area contributed by atoms with Crippen LogP contribution >= 0.6 is 0 Å².